The van der Waals surface area contributed by atoms with Crippen LogP contribution >= 0.6 is 0 Å². The van der Waals surface area contributed by atoms with Gasteiger partial charge in [-0.1, -0.05) is 53.6 Å². The third-order valence-corrected chi connectivity index (χ3v) is 11.1. The molecular weight excluding hydrogens is 925 g/mol. The van der Waals surface area contributed by atoms with Crippen molar-refractivity contribution in [1.29, 1.82) is 0 Å². The number of carboxylic acid groups (broad SMARTS) is 2. The minimum Gasteiger partial charge on any atom is -0.497 e. The third-order valence-electron chi connectivity index (χ3n) is 11.1. The molecule has 20 heteroatoms. The van der Waals surface area contributed by atoms with E-state index in [9.17, 15) is 47.4 Å². The van der Waals surface area contributed by atoms with Gasteiger partial charge < -0.3 is 43.7 Å². The first-order chi connectivity index (χ1) is 33.3. The number of nitrogens with zero attached hydrogens (tertiary/aromatic N) is 4. The molecule has 16 nitrogen and oxygen atoms in total. The Balaban J connectivity index is 0.000000250. The molecule has 7 rings (SSSR count). The summed E-state index contributed by atoms with van der Waals surface area (Å²) in [6.45, 7) is 6.53. The summed E-state index contributed by atoms with van der Waals surface area (Å²) in [5, 5.41) is 18.6. The zero-order valence-electron chi connectivity index (χ0n) is 38.4. The van der Waals surface area contributed by atoms with Gasteiger partial charge in [0.25, 0.3) is 0 Å². The van der Waals surface area contributed by atoms with E-state index in [1.54, 1.807) is 56.2 Å². The summed E-state index contributed by atoms with van der Waals surface area (Å²) in [7, 11) is 2.95. The standard InChI is InChI=1S/C30H30F4N4O4.C20H18O8/c1-19(39)42-18-26-23-8-5-9-24(31)28(23)35-29(38(26)25-16-20(30(32,33)34)10-11-27(25)41-3)37-14-12-36(13-15-37)21-6-4-7-22(17-21)40-2;1-11-3-7-13(8-4-11)19(25)27-15(17(21)22)16(18(23)24)28-20(26)14-9-5-12(2)6-10-14/h4-11,16-17,26H,12-15,18H2,1-3H3;3-10,15-16H,1-2H3,(H,21,22)(H,23,24)/t26-;15-,16-/m10/s1. The van der Waals surface area contributed by atoms with Crippen molar-refractivity contribution in [3.05, 3.63) is 148 Å². The second kappa shape index (κ2) is 22.3. The van der Waals surface area contributed by atoms with E-state index < -0.39 is 65.7 Å². The molecule has 1 saturated heterocycles. The molecule has 70 heavy (non-hydrogen) atoms. The van der Waals surface area contributed by atoms with Crippen LogP contribution in [-0.2, 0) is 34.8 Å². The molecular formula is C50H48F4N4O12. The number of esters is 3. The number of carboxylic acids is 2. The number of aliphatic imine (C=N–C) groups is 1. The Kier molecular flexibility index (Phi) is 16.3. The number of hydrogen-bond acceptors (Lipinski definition) is 14. The number of para-hydroxylation sites is 1. The molecule has 0 unspecified atom stereocenters. The lowest BCUT2D eigenvalue weighted by molar-refractivity contribution is -0.166. The Hall–Kier alpha value is -8.16. The molecule has 0 radical (unpaired) electrons. The highest BCUT2D eigenvalue weighted by molar-refractivity contribution is 6.02. The molecule has 5 aromatic carbocycles. The van der Waals surface area contributed by atoms with E-state index in [2.05, 4.69) is 9.89 Å². The predicted molar refractivity (Wildman–Crippen MR) is 246 cm³/mol. The van der Waals surface area contributed by atoms with Crippen molar-refractivity contribution >= 4 is 52.9 Å². The Morgan fingerprint density at radius 2 is 1.26 bits per heavy atom. The van der Waals surface area contributed by atoms with Gasteiger partial charge in [-0.15, -0.1) is 0 Å². The molecule has 0 spiro atoms. The Morgan fingerprint density at radius 1 is 0.714 bits per heavy atom. The Labute approximate surface area is 399 Å². The van der Waals surface area contributed by atoms with Crippen LogP contribution in [0.4, 0.5) is 34.6 Å². The fourth-order valence-electron chi connectivity index (χ4n) is 7.47. The number of guanidine groups is 1. The molecule has 2 aliphatic rings. The summed E-state index contributed by atoms with van der Waals surface area (Å²) >= 11 is 0. The molecule has 0 aromatic heterocycles. The van der Waals surface area contributed by atoms with Crippen molar-refractivity contribution in [3.63, 3.8) is 0 Å². The van der Waals surface area contributed by atoms with E-state index in [4.69, 9.17) is 23.7 Å². The monoisotopic (exact) mass is 972 g/mol. The van der Waals surface area contributed by atoms with Gasteiger partial charge in [0, 0.05) is 50.4 Å². The maximum atomic E-state index is 15.2. The highest BCUT2D eigenvalue weighted by atomic mass is 19.4. The van der Waals surface area contributed by atoms with Crippen LogP contribution in [0, 0.1) is 19.7 Å². The van der Waals surface area contributed by atoms with Crippen LogP contribution in [0.25, 0.3) is 0 Å². The molecule has 0 aliphatic carbocycles. The van der Waals surface area contributed by atoms with Gasteiger partial charge in [0.2, 0.25) is 18.2 Å². The van der Waals surface area contributed by atoms with Crippen molar-refractivity contribution in [2.24, 2.45) is 4.99 Å². The number of fused-ring (bicyclic) bond motifs is 1. The molecule has 368 valence electrons. The number of alkyl halides is 3. The fourth-order valence-corrected chi connectivity index (χ4v) is 7.47. The van der Waals surface area contributed by atoms with Crippen molar-refractivity contribution in [3.8, 4) is 11.5 Å². The number of aryl methyl sites for hydroxylation is 2. The number of ether oxygens (including phenoxy) is 5. The Morgan fingerprint density at radius 3 is 1.76 bits per heavy atom. The van der Waals surface area contributed by atoms with Crippen LogP contribution < -0.4 is 19.3 Å². The van der Waals surface area contributed by atoms with Gasteiger partial charge in [0.15, 0.2) is 0 Å². The van der Waals surface area contributed by atoms with Crippen LogP contribution in [0.15, 0.2) is 114 Å². The molecule has 2 heterocycles. The van der Waals surface area contributed by atoms with Gasteiger partial charge in [-0.3, -0.25) is 9.69 Å². The lowest BCUT2D eigenvalue weighted by Crippen LogP contribution is -2.56. The summed E-state index contributed by atoms with van der Waals surface area (Å²) in [6, 6.07) is 26.4. The average Bonchev–Trinajstić information content (AvgIpc) is 3.34. The molecule has 3 atom stereocenters. The van der Waals surface area contributed by atoms with Crippen molar-refractivity contribution in [2.75, 3.05) is 56.8 Å². The number of anilines is 2. The lowest BCUT2D eigenvalue weighted by atomic mass is 9.99. The van der Waals surface area contributed by atoms with Crippen LogP contribution in [0.1, 0.15) is 55.9 Å². The van der Waals surface area contributed by atoms with Crippen molar-refractivity contribution < 1.29 is 75.4 Å². The number of methoxy groups -OCH3 is 2. The largest absolute Gasteiger partial charge is 0.497 e. The lowest BCUT2D eigenvalue weighted by Gasteiger charge is -2.45. The minimum atomic E-state index is -4.63. The number of aliphatic carboxylic acids is 2. The average molecular weight is 973 g/mol. The molecule has 2 aliphatic heterocycles. The van der Waals surface area contributed by atoms with E-state index in [-0.39, 0.29) is 40.8 Å². The van der Waals surface area contributed by atoms with E-state index >= 15 is 4.39 Å². The van der Waals surface area contributed by atoms with E-state index in [1.165, 1.54) is 56.5 Å². The summed E-state index contributed by atoms with van der Waals surface area (Å²) in [5.41, 5.74) is 2.34. The molecule has 1 fully saturated rings. The van der Waals surface area contributed by atoms with Crippen LogP contribution in [0.3, 0.4) is 0 Å². The number of benzene rings is 5. The van der Waals surface area contributed by atoms with Gasteiger partial charge in [-0.25, -0.2) is 28.6 Å². The first-order valence-corrected chi connectivity index (χ1v) is 21.5. The number of piperazine rings is 1. The smallest absolute Gasteiger partial charge is 0.416 e. The first kappa shape index (κ1) is 51.2. The maximum absolute atomic E-state index is 15.2. The number of rotatable bonds is 13. The minimum absolute atomic E-state index is 0.0332. The number of carbonyl (C=O) groups excluding carboxylic acids is 3. The summed E-state index contributed by atoms with van der Waals surface area (Å²) in [6.07, 6.45) is -9.08. The summed E-state index contributed by atoms with van der Waals surface area (Å²) in [4.78, 5) is 69.5. The van der Waals surface area contributed by atoms with E-state index in [0.717, 1.165) is 34.7 Å². The summed E-state index contributed by atoms with van der Waals surface area (Å²) in [5.74, 6) is -5.70. The van der Waals surface area contributed by atoms with Crippen molar-refractivity contribution in [1.82, 2.24) is 4.90 Å². The zero-order valence-corrected chi connectivity index (χ0v) is 38.4. The second-order valence-corrected chi connectivity index (χ2v) is 15.9. The SMILES string of the molecule is COc1cccc(N2CCN(C3=Nc4c(F)cccc4[C@@H](COC(C)=O)N3c3cc(C(F)(F)F)ccc3OC)CC2)c1.Cc1ccc(C(=O)O[C@H](C(=O)O)[C@H](OC(=O)c2ccc(C)cc2)C(=O)O)cc1. The first-order valence-electron chi connectivity index (χ1n) is 21.5. The highest BCUT2D eigenvalue weighted by Gasteiger charge is 2.42. The van der Waals surface area contributed by atoms with E-state index in [0.29, 0.717) is 31.7 Å². The molecule has 2 N–H and O–H groups in total. The van der Waals surface area contributed by atoms with Crippen LogP contribution in [0.5, 0.6) is 11.5 Å². The number of hydrogen-bond donors (Lipinski definition) is 2. The summed E-state index contributed by atoms with van der Waals surface area (Å²) < 4.78 is 82.7. The van der Waals surface area contributed by atoms with Crippen molar-refractivity contribution in [2.45, 2.75) is 45.2 Å². The van der Waals surface area contributed by atoms with E-state index in [1.807, 2.05) is 29.2 Å². The van der Waals surface area contributed by atoms with Gasteiger partial charge in [-0.05, 0) is 74.5 Å². The third kappa shape index (κ3) is 12.3. The van der Waals surface area contributed by atoms with Crippen LogP contribution in [0.2, 0.25) is 0 Å². The quantitative estimate of drug-likeness (QED) is 0.0654. The molecule has 0 bridgehead atoms. The Bertz CT molecular complexity index is 2670. The molecule has 0 saturated carbocycles. The predicted octanol–water partition coefficient (Wildman–Crippen LogP) is 8.02. The molecule has 5 aromatic rings. The topological polar surface area (TPSA) is 194 Å². The normalized spacial score (nSPS) is 15.2. The molecule has 0 amide bonds. The maximum Gasteiger partial charge on any atom is 0.416 e. The van der Waals surface area contributed by atoms with Gasteiger partial charge in [0.1, 0.15) is 29.6 Å². The highest BCUT2D eigenvalue weighted by Crippen LogP contribution is 2.45. The van der Waals surface area contributed by atoms with Gasteiger partial charge in [0.05, 0.1) is 42.6 Å². The van der Waals surface area contributed by atoms with Gasteiger partial charge >= 0.3 is 36.0 Å². The fraction of sp³-hybridized carbons (Fsp3) is 0.280. The van der Waals surface area contributed by atoms with Crippen LogP contribution in [-0.4, -0.2) is 110 Å². The number of halogens is 4. The van der Waals surface area contributed by atoms with Gasteiger partial charge in [-0.2, -0.15) is 13.2 Å². The second-order valence-electron chi connectivity index (χ2n) is 15.9. The number of carbonyl (C=O) groups is 5. The zero-order chi connectivity index (χ0) is 50.9.